The Morgan fingerprint density at radius 1 is 1.13 bits per heavy atom. The summed E-state index contributed by atoms with van der Waals surface area (Å²) in [5, 5.41) is 0. The molecule has 6 N–H and O–H groups in total. The summed E-state index contributed by atoms with van der Waals surface area (Å²) >= 11 is 0. The molecule has 0 aliphatic carbocycles. The van der Waals surface area contributed by atoms with Crippen LogP contribution in [0.5, 0.6) is 0 Å². The minimum Gasteiger partial charge on any atom is -0.369 e. The molecular weight excluding hydrogens is 352 g/mol. The van der Waals surface area contributed by atoms with Crippen molar-refractivity contribution in [3.05, 3.63) is 11.8 Å². The fourth-order valence-corrected chi connectivity index (χ4v) is 2.39. The molecule has 0 bridgehead atoms. The molecule has 1 aliphatic heterocycles. The first-order valence-corrected chi connectivity index (χ1v) is 10.2. The van der Waals surface area contributed by atoms with Crippen LogP contribution in [0.25, 0.3) is 0 Å². The summed E-state index contributed by atoms with van der Waals surface area (Å²) in [7, 11) is -8.34. The van der Waals surface area contributed by atoms with E-state index in [1.807, 2.05) is 0 Å². The molecule has 0 aromatic carbocycles. The molecule has 13 heteroatoms. The lowest BCUT2D eigenvalue weighted by molar-refractivity contribution is 0.143. The third-order valence-corrected chi connectivity index (χ3v) is 3.69. The minimum absolute atomic E-state index is 0.0932. The fraction of sp³-hybridized carbons (Fsp3) is 0.700. The highest BCUT2D eigenvalue weighted by Gasteiger charge is 2.16. The monoisotopic (exact) mass is 373 g/mol. The second kappa shape index (κ2) is 8.91. The normalized spacial score (nSPS) is 16.3. The zero-order chi connectivity index (χ0) is 17.5. The summed E-state index contributed by atoms with van der Waals surface area (Å²) in [4.78, 5) is 40.4. The van der Waals surface area contributed by atoms with Gasteiger partial charge in [-0.3, -0.25) is 9.13 Å². The second-order valence-electron chi connectivity index (χ2n) is 4.77. The van der Waals surface area contributed by atoms with E-state index in [1.165, 1.54) is 0 Å². The Kier molecular flexibility index (Phi) is 7.85. The molecule has 0 aromatic heterocycles. The smallest absolute Gasteiger partial charge is 0.350 e. The van der Waals surface area contributed by atoms with Crippen molar-refractivity contribution in [3.8, 4) is 0 Å². The summed E-state index contributed by atoms with van der Waals surface area (Å²) in [6.07, 6.45) is 0.863. The lowest BCUT2D eigenvalue weighted by Crippen LogP contribution is -2.41. The Hall–Kier alpha value is -0.770. The third-order valence-electron chi connectivity index (χ3n) is 2.66. The molecular formula is C10H21N3O8P2. The Morgan fingerprint density at radius 3 is 2.22 bits per heavy atom. The van der Waals surface area contributed by atoms with E-state index >= 15 is 0 Å². The number of rotatable bonds is 10. The zero-order valence-corrected chi connectivity index (χ0v) is 14.1. The van der Waals surface area contributed by atoms with E-state index < -0.39 is 27.9 Å². The number of nitrogens with two attached hydrogens (primary N) is 1. The summed E-state index contributed by atoms with van der Waals surface area (Å²) in [6.45, 7) is 0.977. The largest absolute Gasteiger partial charge is 0.369 e. The number of nitrogens with zero attached hydrogens (tertiary/aromatic N) is 2. The van der Waals surface area contributed by atoms with Crippen LogP contribution in [0.1, 0.15) is 6.42 Å². The third kappa shape index (κ3) is 9.85. The standard InChI is InChI=1S/C10H21N3O8P2/c11-10-12-9(2-5-20-7-22(14,15)16)1-3-13(10)4-6-21-8-23(17,18)19/h1H,2-8H2,(H2,11,12)(H2,14,15,16)(H2,17,18,19). The van der Waals surface area contributed by atoms with Crippen LogP contribution in [-0.4, -0.2) is 69.4 Å². The van der Waals surface area contributed by atoms with Gasteiger partial charge in [-0.05, 0) is 6.08 Å². The van der Waals surface area contributed by atoms with Crippen LogP contribution in [0.4, 0.5) is 0 Å². The molecule has 0 aromatic rings. The number of ether oxygens (including phenoxy) is 2. The van der Waals surface area contributed by atoms with E-state index in [0.29, 0.717) is 25.2 Å². The predicted molar refractivity (Wildman–Crippen MR) is 81.6 cm³/mol. The molecule has 0 fully saturated rings. The predicted octanol–water partition coefficient (Wildman–Crippen LogP) is -0.806. The van der Waals surface area contributed by atoms with Crippen LogP contribution in [0.2, 0.25) is 0 Å². The maximum atomic E-state index is 10.6. The lowest BCUT2D eigenvalue weighted by atomic mass is 10.2. The van der Waals surface area contributed by atoms with Crippen molar-refractivity contribution in [2.45, 2.75) is 6.42 Å². The molecule has 23 heavy (non-hydrogen) atoms. The Balaban J connectivity index is 2.27. The van der Waals surface area contributed by atoms with Gasteiger partial charge in [0.1, 0.15) is 12.7 Å². The molecule has 0 atom stereocenters. The van der Waals surface area contributed by atoms with Gasteiger partial charge < -0.3 is 39.7 Å². The molecule has 0 radical (unpaired) electrons. The molecule has 0 saturated carbocycles. The van der Waals surface area contributed by atoms with E-state index in [-0.39, 0.29) is 19.2 Å². The van der Waals surface area contributed by atoms with Crippen LogP contribution in [0.15, 0.2) is 16.8 Å². The van der Waals surface area contributed by atoms with Gasteiger partial charge in [0.2, 0.25) is 0 Å². The van der Waals surface area contributed by atoms with Gasteiger partial charge in [0.25, 0.3) is 0 Å². The molecule has 11 nitrogen and oxygen atoms in total. The number of aliphatic imine (C=N–C) groups is 1. The van der Waals surface area contributed by atoms with E-state index in [2.05, 4.69) is 4.99 Å². The molecule has 0 unspecified atom stereocenters. The molecule has 0 amide bonds. The second-order valence-corrected chi connectivity index (χ2v) is 7.94. The topological polar surface area (TPSA) is 175 Å². The van der Waals surface area contributed by atoms with Crippen LogP contribution < -0.4 is 5.73 Å². The molecule has 0 spiro atoms. The van der Waals surface area contributed by atoms with Crippen LogP contribution in [0, 0.1) is 0 Å². The van der Waals surface area contributed by atoms with Gasteiger partial charge in [-0.1, -0.05) is 0 Å². The molecule has 1 rings (SSSR count). The van der Waals surface area contributed by atoms with Crippen molar-refractivity contribution in [2.75, 3.05) is 39.0 Å². The first-order chi connectivity index (χ1) is 10.6. The van der Waals surface area contributed by atoms with Crippen LogP contribution in [0.3, 0.4) is 0 Å². The van der Waals surface area contributed by atoms with Crippen LogP contribution in [-0.2, 0) is 18.6 Å². The summed E-state index contributed by atoms with van der Waals surface area (Å²) in [5.74, 6) is 0.234. The Morgan fingerprint density at radius 2 is 1.70 bits per heavy atom. The summed E-state index contributed by atoms with van der Waals surface area (Å²) in [6, 6.07) is 0. The number of guanidine groups is 1. The highest BCUT2D eigenvalue weighted by molar-refractivity contribution is 7.51. The molecule has 134 valence electrons. The molecule has 0 saturated heterocycles. The first-order valence-electron chi connectivity index (χ1n) is 6.59. The van der Waals surface area contributed by atoms with E-state index in [4.69, 9.17) is 34.8 Å². The van der Waals surface area contributed by atoms with Crippen molar-refractivity contribution < 1.29 is 38.2 Å². The van der Waals surface area contributed by atoms with Crippen molar-refractivity contribution in [1.29, 1.82) is 0 Å². The van der Waals surface area contributed by atoms with Gasteiger partial charge in [-0.2, -0.15) is 0 Å². The molecule has 1 aliphatic rings. The Labute approximate surface area is 133 Å². The van der Waals surface area contributed by atoms with Gasteiger partial charge in [-0.25, -0.2) is 4.99 Å². The van der Waals surface area contributed by atoms with Crippen LogP contribution >= 0.6 is 15.2 Å². The highest BCUT2D eigenvalue weighted by Crippen LogP contribution is 2.34. The van der Waals surface area contributed by atoms with E-state index in [9.17, 15) is 9.13 Å². The lowest BCUT2D eigenvalue weighted by Gasteiger charge is -2.25. The van der Waals surface area contributed by atoms with Crippen molar-refractivity contribution in [3.63, 3.8) is 0 Å². The zero-order valence-electron chi connectivity index (χ0n) is 12.3. The number of hydrogen-bond donors (Lipinski definition) is 5. The van der Waals surface area contributed by atoms with Gasteiger partial charge >= 0.3 is 15.2 Å². The van der Waals surface area contributed by atoms with Gasteiger partial charge in [0, 0.05) is 25.2 Å². The van der Waals surface area contributed by atoms with Gasteiger partial charge in [0.15, 0.2) is 5.96 Å². The SMILES string of the molecule is NC1=NC(CCOCP(=O)(O)O)=CCN1CCOCP(=O)(O)O. The Bertz CT molecular complexity index is 540. The van der Waals surface area contributed by atoms with E-state index in [0.717, 1.165) is 0 Å². The van der Waals surface area contributed by atoms with Crippen molar-refractivity contribution in [2.24, 2.45) is 10.7 Å². The van der Waals surface area contributed by atoms with Crippen molar-refractivity contribution >= 4 is 21.2 Å². The summed E-state index contributed by atoms with van der Waals surface area (Å²) < 4.78 is 30.9. The quantitative estimate of drug-likeness (QED) is 0.241. The van der Waals surface area contributed by atoms with E-state index in [1.54, 1.807) is 11.0 Å². The highest BCUT2D eigenvalue weighted by atomic mass is 31.2. The summed E-state index contributed by atoms with van der Waals surface area (Å²) in [5.41, 5.74) is 6.41. The fourth-order valence-electron chi connectivity index (χ4n) is 1.65. The van der Waals surface area contributed by atoms with Gasteiger partial charge in [-0.15, -0.1) is 0 Å². The molecule has 1 heterocycles. The minimum atomic E-state index is -4.17. The average molecular weight is 373 g/mol. The van der Waals surface area contributed by atoms with Crippen molar-refractivity contribution in [1.82, 2.24) is 4.90 Å². The van der Waals surface area contributed by atoms with Gasteiger partial charge in [0.05, 0.1) is 13.2 Å². The maximum absolute atomic E-state index is 10.6. The average Bonchev–Trinajstić information content (AvgIpc) is 2.39. The maximum Gasteiger partial charge on any atom is 0.350 e. The number of hydrogen-bond acceptors (Lipinski definition) is 7. The first kappa shape index (κ1) is 20.3.